The van der Waals surface area contributed by atoms with Crippen LogP contribution in [-0.4, -0.2) is 28.8 Å². The lowest BCUT2D eigenvalue weighted by molar-refractivity contribution is 0.172. The fourth-order valence-electron chi connectivity index (χ4n) is 2.38. The number of carbonyl (C=O) groups excluding carboxylic acids is 1. The van der Waals surface area contributed by atoms with Crippen LogP contribution >= 0.6 is 0 Å². The van der Waals surface area contributed by atoms with Gasteiger partial charge in [-0.15, -0.1) is 0 Å². The Balaban J connectivity index is 1.70. The Morgan fingerprint density at radius 2 is 1.76 bits per heavy atom. The maximum Gasteiger partial charge on any atom is 0.315 e. The van der Waals surface area contributed by atoms with Gasteiger partial charge >= 0.3 is 6.03 Å². The molecule has 0 spiro atoms. The second-order valence-electron chi connectivity index (χ2n) is 6.03. The SMILES string of the molecule is CC(CCc1ccc(O)cc1)NC(=O)NCC(O)c1ccc(F)cc1. The molecule has 2 aromatic rings. The van der Waals surface area contributed by atoms with Crippen LogP contribution < -0.4 is 10.6 Å². The lowest BCUT2D eigenvalue weighted by Crippen LogP contribution is -2.42. The van der Waals surface area contributed by atoms with Gasteiger partial charge in [-0.3, -0.25) is 0 Å². The number of nitrogens with one attached hydrogen (secondary N) is 2. The molecule has 0 radical (unpaired) electrons. The highest BCUT2D eigenvalue weighted by atomic mass is 19.1. The number of benzene rings is 2. The number of aliphatic hydroxyl groups excluding tert-OH is 1. The Bertz CT molecular complexity index is 674. The highest BCUT2D eigenvalue weighted by molar-refractivity contribution is 5.74. The number of aliphatic hydroxyl groups is 1. The van der Waals surface area contributed by atoms with Gasteiger partial charge < -0.3 is 20.8 Å². The first-order valence-corrected chi connectivity index (χ1v) is 8.20. The molecule has 2 unspecified atom stereocenters. The topological polar surface area (TPSA) is 81.6 Å². The van der Waals surface area contributed by atoms with Gasteiger partial charge in [-0.1, -0.05) is 24.3 Å². The van der Waals surface area contributed by atoms with Crippen LogP contribution in [-0.2, 0) is 6.42 Å². The average Bonchev–Trinajstić information content (AvgIpc) is 2.60. The quantitative estimate of drug-likeness (QED) is 0.622. The number of urea groups is 1. The van der Waals surface area contributed by atoms with E-state index in [1.165, 1.54) is 24.3 Å². The predicted octanol–water partition coefficient (Wildman–Crippen LogP) is 2.89. The molecule has 0 aromatic heterocycles. The smallest absolute Gasteiger partial charge is 0.315 e. The van der Waals surface area contributed by atoms with Gasteiger partial charge in [-0.2, -0.15) is 0 Å². The molecule has 2 aromatic carbocycles. The Kier molecular flexibility index (Phi) is 6.77. The Morgan fingerprint density at radius 3 is 2.40 bits per heavy atom. The second kappa shape index (κ2) is 9.03. The molecule has 4 N–H and O–H groups in total. The van der Waals surface area contributed by atoms with Crippen LogP contribution in [0.25, 0.3) is 0 Å². The fraction of sp³-hybridized carbons (Fsp3) is 0.316. The van der Waals surface area contributed by atoms with Crippen LogP contribution in [0.1, 0.15) is 30.6 Å². The Hall–Kier alpha value is -2.60. The number of aryl methyl sites for hydroxylation is 1. The van der Waals surface area contributed by atoms with Gasteiger partial charge in [-0.25, -0.2) is 9.18 Å². The van der Waals surface area contributed by atoms with E-state index >= 15 is 0 Å². The summed E-state index contributed by atoms with van der Waals surface area (Å²) in [7, 11) is 0. The molecule has 0 fully saturated rings. The molecule has 2 atom stereocenters. The molecule has 25 heavy (non-hydrogen) atoms. The van der Waals surface area contributed by atoms with Crippen molar-refractivity contribution in [1.29, 1.82) is 0 Å². The third-order valence-corrected chi connectivity index (χ3v) is 3.89. The number of amides is 2. The zero-order chi connectivity index (χ0) is 18.2. The first kappa shape index (κ1) is 18.7. The molecule has 0 saturated carbocycles. The lowest BCUT2D eigenvalue weighted by Gasteiger charge is -2.16. The maximum atomic E-state index is 12.8. The van der Waals surface area contributed by atoms with Crippen molar-refractivity contribution in [3.8, 4) is 5.75 Å². The number of halogens is 1. The number of phenols is 1. The van der Waals surface area contributed by atoms with E-state index in [4.69, 9.17) is 0 Å². The highest BCUT2D eigenvalue weighted by Gasteiger charge is 2.11. The zero-order valence-corrected chi connectivity index (χ0v) is 14.1. The maximum absolute atomic E-state index is 12.8. The molecule has 134 valence electrons. The number of aromatic hydroxyl groups is 1. The summed E-state index contributed by atoms with van der Waals surface area (Å²) in [5.41, 5.74) is 1.63. The summed E-state index contributed by atoms with van der Waals surface area (Å²) in [5, 5.41) is 24.6. The third-order valence-electron chi connectivity index (χ3n) is 3.89. The molecule has 5 nitrogen and oxygen atoms in total. The van der Waals surface area contributed by atoms with Crippen molar-refractivity contribution in [2.75, 3.05) is 6.54 Å². The monoisotopic (exact) mass is 346 g/mol. The van der Waals surface area contributed by atoms with Crippen LogP contribution in [0.5, 0.6) is 5.75 Å². The van der Waals surface area contributed by atoms with Gasteiger partial charge in [0.1, 0.15) is 11.6 Å². The van der Waals surface area contributed by atoms with Crippen LogP contribution in [0, 0.1) is 5.82 Å². The number of rotatable bonds is 7. The first-order chi connectivity index (χ1) is 11.9. The lowest BCUT2D eigenvalue weighted by atomic mass is 10.1. The molecule has 0 bridgehead atoms. The van der Waals surface area contributed by atoms with Crippen LogP contribution in [0.3, 0.4) is 0 Å². The summed E-state index contributed by atoms with van der Waals surface area (Å²) in [6, 6.07) is 12.1. The summed E-state index contributed by atoms with van der Waals surface area (Å²) < 4.78 is 12.8. The van der Waals surface area contributed by atoms with E-state index in [2.05, 4.69) is 10.6 Å². The van der Waals surface area contributed by atoms with Crippen molar-refractivity contribution < 1.29 is 19.4 Å². The van der Waals surface area contributed by atoms with E-state index in [1.807, 2.05) is 19.1 Å². The van der Waals surface area contributed by atoms with E-state index < -0.39 is 6.10 Å². The molecule has 0 aliphatic rings. The number of hydrogen-bond acceptors (Lipinski definition) is 3. The second-order valence-corrected chi connectivity index (χ2v) is 6.03. The van der Waals surface area contributed by atoms with E-state index in [0.717, 1.165) is 18.4 Å². The van der Waals surface area contributed by atoms with Crippen molar-refractivity contribution in [3.05, 3.63) is 65.5 Å². The molecule has 0 heterocycles. The van der Waals surface area contributed by atoms with Crippen molar-refractivity contribution in [2.24, 2.45) is 0 Å². The minimum absolute atomic E-state index is 0.0438. The molecule has 2 rings (SSSR count). The summed E-state index contributed by atoms with van der Waals surface area (Å²) in [6.45, 7) is 1.94. The van der Waals surface area contributed by atoms with E-state index in [-0.39, 0.29) is 30.2 Å². The van der Waals surface area contributed by atoms with Gasteiger partial charge in [0.15, 0.2) is 0 Å². The fourth-order valence-corrected chi connectivity index (χ4v) is 2.38. The molecule has 0 aliphatic carbocycles. The van der Waals surface area contributed by atoms with Gasteiger partial charge in [0.25, 0.3) is 0 Å². The van der Waals surface area contributed by atoms with Crippen molar-refractivity contribution >= 4 is 6.03 Å². The van der Waals surface area contributed by atoms with Crippen molar-refractivity contribution in [3.63, 3.8) is 0 Å². The number of phenolic OH excluding ortho intramolecular Hbond substituents is 1. The summed E-state index contributed by atoms with van der Waals surface area (Å²) in [5.74, 6) is -0.141. The average molecular weight is 346 g/mol. The number of hydrogen-bond donors (Lipinski definition) is 4. The number of carbonyl (C=O) groups is 1. The Labute approximate surface area is 146 Å². The minimum atomic E-state index is -0.890. The molecular weight excluding hydrogens is 323 g/mol. The van der Waals surface area contributed by atoms with E-state index in [1.54, 1.807) is 12.1 Å². The van der Waals surface area contributed by atoms with E-state index in [0.29, 0.717) is 5.56 Å². The minimum Gasteiger partial charge on any atom is -0.508 e. The van der Waals surface area contributed by atoms with Crippen LogP contribution in [0.4, 0.5) is 9.18 Å². The van der Waals surface area contributed by atoms with Crippen LogP contribution in [0.15, 0.2) is 48.5 Å². The molecule has 0 aliphatic heterocycles. The molecule has 0 saturated heterocycles. The summed E-state index contributed by atoms with van der Waals surface area (Å²) in [4.78, 5) is 11.9. The normalized spacial score (nSPS) is 13.1. The van der Waals surface area contributed by atoms with Gasteiger partial charge in [0.05, 0.1) is 6.10 Å². The molecule has 6 heteroatoms. The predicted molar refractivity (Wildman–Crippen MR) is 93.8 cm³/mol. The largest absolute Gasteiger partial charge is 0.508 e. The highest BCUT2D eigenvalue weighted by Crippen LogP contribution is 2.13. The summed E-state index contributed by atoms with van der Waals surface area (Å²) in [6.07, 6.45) is 0.636. The first-order valence-electron chi connectivity index (χ1n) is 8.20. The third kappa shape index (κ3) is 6.43. The standard InChI is InChI=1S/C19H23FN2O3/c1-13(2-3-14-4-10-17(23)11-5-14)22-19(25)21-12-18(24)15-6-8-16(20)9-7-15/h4-11,13,18,23-24H,2-3,12H2,1H3,(H2,21,22,25). The van der Waals surface area contributed by atoms with Gasteiger partial charge in [0.2, 0.25) is 0 Å². The summed E-state index contributed by atoms with van der Waals surface area (Å²) >= 11 is 0. The van der Waals surface area contributed by atoms with Crippen molar-refractivity contribution in [1.82, 2.24) is 10.6 Å². The van der Waals surface area contributed by atoms with Gasteiger partial charge in [0, 0.05) is 12.6 Å². The van der Waals surface area contributed by atoms with Crippen molar-refractivity contribution in [2.45, 2.75) is 31.9 Å². The molecular formula is C19H23FN2O3. The van der Waals surface area contributed by atoms with E-state index in [9.17, 15) is 19.4 Å². The zero-order valence-electron chi connectivity index (χ0n) is 14.1. The van der Waals surface area contributed by atoms with Crippen LogP contribution in [0.2, 0.25) is 0 Å². The Morgan fingerprint density at radius 1 is 1.12 bits per heavy atom. The molecule has 2 amide bonds. The van der Waals surface area contributed by atoms with Gasteiger partial charge in [-0.05, 0) is 55.2 Å².